The predicted molar refractivity (Wildman–Crippen MR) is 67.1 cm³/mol. The number of rotatable bonds is 8. The van der Waals surface area contributed by atoms with Crippen LogP contribution in [-0.2, 0) is 23.9 Å². The van der Waals surface area contributed by atoms with Crippen molar-refractivity contribution in [2.45, 2.75) is 12.1 Å². The summed E-state index contributed by atoms with van der Waals surface area (Å²) in [6.07, 6.45) is -1.73. The number of hydrogen-bond donors (Lipinski definition) is 3. The summed E-state index contributed by atoms with van der Waals surface area (Å²) in [5.41, 5.74) is 10.7. The van der Waals surface area contributed by atoms with Crippen molar-refractivity contribution in [1.82, 2.24) is 0 Å². The SMILES string of the molecule is N[C@@H](CSSC[C@H](N)C(=O)OC(=O)O)C(=O)OC=O. The van der Waals surface area contributed by atoms with Gasteiger partial charge < -0.3 is 26.0 Å². The number of nitrogens with two attached hydrogens (primary N) is 2. The summed E-state index contributed by atoms with van der Waals surface area (Å²) >= 11 is 0. The fourth-order valence-electron chi connectivity index (χ4n) is 0.675. The van der Waals surface area contributed by atoms with Crippen LogP contribution in [0.3, 0.4) is 0 Å². The predicted octanol–water partition coefficient (Wildman–Crippen LogP) is -1.06. The molecule has 0 aromatic rings. The Kier molecular flexibility index (Phi) is 8.95. The lowest BCUT2D eigenvalue weighted by molar-refractivity contribution is -0.152. The summed E-state index contributed by atoms with van der Waals surface area (Å²) in [4.78, 5) is 41.9. The average Bonchev–Trinajstić information content (AvgIpc) is 2.33. The first-order valence-electron chi connectivity index (χ1n) is 4.72. The van der Waals surface area contributed by atoms with E-state index in [0.29, 0.717) is 0 Å². The molecule has 0 aromatic carbocycles. The molecule has 0 heterocycles. The lowest BCUT2D eigenvalue weighted by atomic mass is 10.4. The first-order valence-corrected chi connectivity index (χ1v) is 7.21. The highest BCUT2D eigenvalue weighted by molar-refractivity contribution is 8.76. The van der Waals surface area contributed by atoms with E-state index in [9.17, 15) is 19.2 Å². The molecule has 19 heavy (non-hydrogen) atoms. The van der Waals surface area contributed by atoms with Gasteiger partial charge in [-0.25, -0.2) is 14.4 Å². The highest BCUT2D eigenvalue weighted by atomic mass is 33.1. The zero-order chi connectivity index (χ0) is 14.8. The largest absolute Gasteiger partial charge is 0.513 e. The Morgan fingerprint density at radius 1 is 1.11 bits per heavy atom. The van der Waals surface area contributed by atoms with Gasteiger partial charge in [0.1, 0.15) is 12.1 Å². The molecular formula is C8H12N2O7S2. The molecule has 108 valence electrons. The quantitative estimate of drug-likeness (QED) is 0.165. The molecule has 2 atom stereocenters. The van der Waals surface area contributed by atoms with Crippen molar-refractivity contribution in [2.75, 3.05) is 11.5 Å². The van der Waals surface area contributed by atoms with Crippen LogP contribution in [0.15, 0.2) is 0 Å². The zero-order valence-corrected chi connectivity index (χ0v) is 11.1. The fourth-order valence-corrected chi connectivity index (χ4v) is 2.89. The van der Waals surface area contributed by atoms with Crippen LogP contribution in [0.5, 0.6) is 0 Å². The van der Waals surface area contributed by atoms with Crippen molar-refractivity contribution >= 4 is 46.2 Å². The molecule has 0 aliphatic carbocycles. The summed E-state index contributed by atoms with van der Waals surface area (Å²) in [7, 11) is 2.22. The van der Waals surface area contributed by atoms with Crippen LogP contribution in [0.25, 0.3) is 0 Å². The molecule has 0 aliphatic rings. The van der Waals surface area contributed by atoms with E-state index in [1.807, 2.05) is 0 Å². The molecule has 5 N–H and O–H groups in total. The second kappa shape index (κ2) is 9.61. The van der Waals surface area contributed by atoms with Crippen molar-refractivity contribution < 1.29 is 33.8 Å². The number of hydrogen-bond acceptors (Lipinski definition) is 10. The highest BCUT2D eigenvalue weighted by Gasteiger charge is 2.19. The van der Waals surface area contributed by atoms with Gasteiger partial charge in [-0.15, -0.1) is 0 Å². The maximum atomic E-state index is 11.0. The molecular weight excluding hydrogens is 300 g/mol. The van der Waals surface area contributed by atoms with E-state index >= 15 is 0 Å². The topological polar surface area (TPSA) is 159 Å². The summed E-state index contributed by atoms with van der Waals surface area (Å²) in [5, 5.41) is 8.18. The molecule has 9 nitrogen and oxygen atoms in total. The molecule has 0 saturated carbocycles. The molecule has 0 unspecified atom stereocenters. The van der Waals surface area contributed by atoms with Crippen molar-refractivity contribution in [1.29, 1.82) is 0 Å². The van der Waals surface area contributed by atoms with Gasteiger partial charge in [0.15, 0.2) is 0 Å². The van der Waals surface area contributed by atoms with Crippen LogP contribution < -0.4 is 11.5 Å². The van der Waals surface area contributed by atoms with Gasteiger partial charge in [-0.2, -0.15) is 0 Å². The van der Waals surface area contributed by atoms with E-state index in [1.54, 1.807) is 0 Å². The Balaban J connectivity index is 3.79. The second-order valence-corrected chi connectivity index (χ2v) is 5.55. The molecule has 0 bridgehead atoms. The van der Waals surface area contributed by atoms with Gasteiger partial charge in [0.2, 0.25) is 0 Å². The van der Waals surface area contributed by atoms with Gasteiger partial charge in [-0.05, 0) is 0 Å². The molecule has 0 rings (SSSR count). The van der Waals surface area contributed by atoms with Gasteiger partial charge in [-0.3, -0.25) is 4.79 Å². The molecule has 0 saturated heterocycles. The Bertz CT molecular complexity index is 352. The maximum Gasteiger partial charge on any atom is 0.513 e. The molecule has 0 radical (unpaired) electrons. The van der Waals surface area contributed by atoms with E-state index < -0.39 is 30.2 Å². The van der Waals surface area contributed by atoms with Crippen LogP contribution >= 0.6 is 21.6 Å². The van der Waals surface area contributed by atoms with E-state index in [1.165, 1.54) is 0 Å². The third kappa shape index (κ3) is 8.42. The van der Waals surface area contributed by atoms with Gasteiger partial charge >= 0.3 is 24.6 Å². The normalized spacial score (nSPS) is 13.2. The third-order valence-corrected chi connectivity index (χ3v) is 4.01. The van der Waals surface area contributed by atoms with Crippen LogP contribution in [0.4, 0.5) is 4.79 Å². The molecule has 0 spiro atoms. The van der Waals surface area contributed by atoms with Crippen LogP contribution in [0, 0.1) is 0 Å². The Hall–Kier alpha value is -1.30. The first kappa shape index (κ1) is 17.7. The Morgan fingerprint density at radius 2 is 1.58 bits per heavy atom. The van der Waals surface area contributed by atoms with Crippen molar-refractivity contribution in [3.63, 3.8) is 0 Å². The molecule has 0 aromatic heterocycles. The molecule has 0 fully saturated rings. The number of carboxylic acid groups (broad SMARTS) is 1. The second-order valence-electron chi connectivity index (χ2n) is 3.00. The van der Waals surface area contributed by atoms with Crippen LogP contribution in [-0.4, -0.2) is 53.3 Å². The third-order valence-electron chi connectivity index (χ3n) is 1.54. The van der Waals surface area contributed by atoms with E-state index in [-0.39, 0.29) is 18.0 Å². The van der Waals surface area contributed by atoms with Crippen molar-refractivity contribution in [3.8, 4) is 0 Å². The highest BCUT2D eigenvalue weighted by Crippen LogP contribution is 2.22. The monoisotopic (exact) mass is 312 g/mol. The van der Waals surface area contributed by atoms with Gasteiger partial charge in [0.25, 0.3) is 0 Å². The summed E-state index contributed by atoms with van der Waals surface area (Å²) < 4.78 is 7.89. The summed E-state index contributed by atoms with van der Waals surface area (Å²) in [5.74, 6) is -1.72. The van der Waals surface area contributed by atoms with Gasteiger partial charge in [-0.1, -0.05) is 21.6 Å². The van der Waals surface area contributed by atoms with Gasteiger partial charge in [0, 0.05) is 11.5 Å². The van der Waals surface area contributed by atoms with Gasteiger partial charge in [0.05, 0.1) is 0 Å². The van der Waals surface area contributed by atoms with E-state index in [2.05, 4.69) is 9.47 Å². The lowest BCUT2D eigenvalue weighted by Crippen LogP contribution is -2.36. The van der Waals surface area contributed by atoms with Crippen molar-refractivity contribution in [2.24, 2.45) is 11.5 Å². The number of ether oxygens (including phenoxy) is 2. The standard InChI is InChI=1S/C8H12N2O7S2/c9-4(6(12)16-3-11)1-18-19-2-5(10)7(13)17-8(14)15/h3-5H,1-2,9-10H2,(H,14,15)/t4-,5-/m0/s1. The number of carbonyl (C=O) groups is 4. The van der Waals surface area contributed by atoms with E-state index in [4.69, 9.17) is 16.6 Å². The number of esters is 2. The lowest BCUT2D eigenvalue weighted by Gasteiger charge is -2.09. The van der Waals surface area contributed by atoms with Crippen LogP contribution in [0.1, 0.15) is 0 Å². The maximum absolute atomic E-state index is 11.0. The summed E-state index contributed by atoms with van der Waals surface area (Å²) in [6.45, 7) is -0.0160. The summed E-state index contributed by atoms with van der Waals surface area (Å²) in [6, 6.07) is -2.09. The minimum atomic E-state index is -1.73. The molecule has 0 aliphatic heterocycles. The first-order chi connectivity index (χ1) is 8.88. The number of carbonyl (C=O) groups excluding carboxylic acids is 3. The minimum absolute atomic E-state index is 0.0160. The Morgan fingerprint density at radius 3 is 2.00 bits per heavy atom. The van der Waals surface area contributed by atoms with Crippen LogP contribution in [0.2, 0.25) is 0 Å². The molecule has 0 amide bonds. The van der Waals surface area contributed by atoms with Crippen molar-refractivity contribution in [3.05, 3.63) is 0 Å². The smallest absolute Gasteiger partial charge is 0.449 e. The minimum Gasteiger partial charge on any atom is -0.449 e. The van der Waals surface area contributed by atoms with E-state index in [0.717, 1.165) is 21.6 Å². The fraction of sp³-hybridized carbons (Fsp3) is 0.500. The zero-order valence-electron chi connectivity index (χ0n) is 9.51. The Labute approximate surface area is 115 Å². The average molecular weight is 312 g/mol. The molecule has 11 heteroatoms.